The predicted molar refractivity (Wildman–Crippen MR) is 344 cm³/mol. The van der Waals surface area contributed by atoms with Gasteiger partial charge < -0.3 is 33.8 Å². The third-order valence-corrected chi connectivity index (χ3v) is 17.0. The summed E-state index contributed by atoms with van der Waals surface area (Å²) in [5, 5.41) is 10.5. The summed E-state index contributed by atoms with van der Waals surface area (Å²) in [7, 11) is -9.91. The SMILES string of the molecule is CCCCCC/C=C\C=C/CCCCCCCC(=O)OC[C@H](COP(=O)(O)OCC(O)COP(=O)(O)OC[C@@H](COC(=O)CCCCCCCCCC(C)C)OC(=O)CCCCCCCCCCC(C)C)OC(=O)CCCCCCCCC(C)CC. The van der Waals surface area contributed by atoms with Gasteiger partial charge in [-0.15, -0.1) is 0 Å². The third kappa shape index (κ3) is 59.2. The van der Waals surface area contributed by atoms with Crippen LogP contribution in [0, 0.1) is 17.8 Å². The Balaban J connectivity index is 5.27. The summed E-state index contributed by atoms with van der Waals surface area (Å²) in [6.45, 7) is 11.6. The molecule has 0 aliphatic carbocycles. The first-order chi connectivity index (χ1) is 41.3. The fourth-order valence-corrected chi connectivity index (χ4v) is 11.0. The zero-order chi connectivity index (χ0) is 63.8. The van der Waals surface area contributed by atoms with Crippen molar-refractivity contribution in [2.24, 2.45) is 17.8 Å². The van der Waals surface area contributed by atoms with Crippen molar-refractivity contribution in [2.75, 3.05) is 39.6 Å². The van der Waals surface area contributed by atoms with Gasteiger partial charge in [-0.25, -0.2) is 9.13 Å². The highest BCUT2D eigenvalue weighted by molar-refractivity contribution is 7.47. The number of phosphoric ester groups is 2. The van der Waals surface area contributed by atoms with Crippen molar-refractivity contribution in [3.05, 3.63) is 24.3 Å². The summed E-state index contributed by atoms with van der Waals surface area (Å²) in [5.74, 6) is -0.0305. The fourth-order valence-electron chi connectivity index (χ4n) is 9.44. The number of esters is 4. The monoisotopic (exact) mass is 1260 g/mol. The van der Waals surface area contributed by atoms with Crippen LogP contribution in [0.15, 0.2) is 24.3 Å². The average Bonchev–Trinajstić information content (AvgIpc) is 3.60. The van der Waals surface area contributed by atoms with Crippen LogP contribution < -0.4 is 0 Å². The lowest BCUT2D eigenvalue weighted by Gasteiger charge is -2.21. The highest BCUT2D eigenvalue weighted by Crippen LogP contribution is 2.45. The van der Waals surface area contributed by atoms with Crippen LogP contribution in [0.25, 0.3) is 0 Å². The fraction of sp³-hybridized carbons (Fsp3) is 0.881. The van der Waals surface area contributed by atoms with E-state index in [4.69, 9.17) is 37.0 Å². The van der Waals surface area contributed by atoms with Gasteiger partial charge in [0.25, 0.3) is 0 Å². The number of allylic oxidation sites excluding steroid dienone is 4. The summed E-state index contributed by atoms with van der Waals surface area (Å²) < 4.78 is 68.0. The Hall–Kier alpha value is -2.46. The normalized spacial score (nSPS) is 14.8. The molecule has 0 aromatic carbocycles. The van der Waals surface area contributed by atoms with Crippen molar-refractivity contribution in [3.8, 4) is 0 Å². The van der Waals surface area contributed by atoms with Gasteiger partial charge in [0, 0.05) is 25.7 Å². The molecule has 0 aromatic rings. The van der Waals surface area contributed by atoms with Crippen molar-refractivity contribution in [1.82, 2.24) is 0 Å². The number of carbonyl (C=O) groups is 4. The molecule has 6 atom stereocenters. The molecule has 0 aromatic heterocycles. The molecule has 17 nitrogen and oxygen atoms in total. The van der Waals surface area contributed by atoms with Crippen LogP contribution in [-0.2, 0) is 65.4 Å². The van der Waals surface area contributed by atoms with Crippen LogP contribution >= 0.6 is 15.6 Å². The number of aliphatic hydroxyl groups is 1. The van der Waals surface area contributed by atoms with Crippen molar-refractivity contribution >= 4 is 39.5 Å². The van der Waals surface area contributed by atoms with E-state index < -0.39 is 97.5 Å². The van der Waals surface area contributed by atoms with Gasteiger partial charge in [-0.3, -0.25) is 37.3 Å². The first-order valence-corrected chi connectivity index (χ1v) is 37.2. The second kappa shape index (κ2) is 57.7. The number of hydrogen-bond acceptors (Lipinski definition) is 15. The molecule has 0 aliphatic heterocycles. The molecule has 0 bridgehead atoms. The molecule has 0 radical (unpaired) electrons. The van der Waals surface area contributed by atoms with E-state index in [1.54, 1.807) is 0 Å². The van der Waals surface area contributed by atoms with Gasteiger partial charge in [0.05, 0.1) is 26.4 Å². The van der Waals surface area contributed by atoms with Crippen LogP contribution in [0.5, 0.6) is 0 Å². The molecule has 0 amide bonds. The number of unbranched alkanes of at least 4 members (excludes halogenated alkanes) is 27. The Kier molecular flexibility index (Phi) is 56.0. The molecular formula is C67H126O17P2. The average molecular weight is 1270 g/mol. The number of carbonyl (C=O) groups excluding carboxylic acids is 4. The van der Waals surface area contributed by atoms with Crippen LogP contribution in [-0.4, -0.2) is 96.7 Å². The van der Waals surface area contributed by atoms with Gasteiger partial charge in [0.15, 0.2) is 12.2 Å². The van der Waals surface area contributed by atoms with Crippen molar-refractivity contribution in [3.63, 3.8) is 0 Å². The summed E-state index contributed by atoms with van der Waals surface area (Å²) in [4.78, 5) is 72.3. The number of phosphoric acid groups is 2. The lowest BCUT2D eigenvalue weighted by atomic mass is 10.00. The van der Waals surface area contributed by atoms with Gasteiger partial charge in [-0.2, -0.15) is 0 Å². The molecule has 506 valence electrons. The van der Waals surface area contributed by atoms with Crippen molar-refractivity contribution < 1.29 is 80.2 Å². The standard InChI is InChI=1S/C67H126O17P2/c1-8-10-11-12-13-14-15-16-17-18-19-20-26-34-41-48-64(69)77-55-63(84-67(72)51-44-37-30-29-33-40-47-60(7)9-2)57-82-86(75,76)80-53-61(68)52-79-85(73,74)81-56-62(54-78-65(70)49-42-35-28-23-25-32-39-46-59(5)6)83-66(71)50-43-36-27-22-21-24-31-38-45-58(3)4/h14-17,58-63,68H,8-13,18-57H2,1-7H3,(H,73,74)(H,75,76)/b15-14-,17-16-/t60?,61?,62-,63-/m1/s1. The second-order valence-electron chi connectivity index (χ2n) is 24.7. The first kappa shape index (κ1) is 83.5. The highest BCUT2D eigenvalue weighted by Gasteiger charge is 2.30. The minimum atomic E-state index is -4.96. The van der Waals surface area contributed by atoms with Gasteiger partial charge in [0.1, 0.15) is 19.3 Å². The van der Waals surface area contributed by atoms with E-state index in [1.165, 1.54) is 89.9 Å². The predicted octanol–water partition coefficient (Wildman–Crippen LogP) is 18.2. The zero-order valence-corrected chi connectivity index (χ0v) is 57.0. The Morgan fingerprint density at radius 1 is 0.384 bits per heavy atom. The molecule has 3 N–H and O–H groups in total. The maximum atomic E-state index is 13.0. The Labute approximate surface area is 522 Å². The molecule has 0 saturated carbocycles. The lowest BCUT2D eigenvalue weighted by Crippen LogP contribution is -2.30. The Bertz CT molecular complexity index is 1790. The van der Waals surface area contributed by atoms with Crippen LogP contribution in [0.2, 0.25) is 0 Å². The smallest absolute Gasteiger partial charge is 0.462 e. The van der Waals surface area contributed by atoms with E-state index in [2.05, 4.69) is 72.8 Å². The molecule has 0 aliphatic rings. The summed E-state index contributed by atoms with van der Waals surface area (Å²) in [5.41, 5.74) is 0. The minimum absolute atomic E-state index is 0.0955. The molecular weight excluding hydrogens is 1140 g/mol. The van der Waals surface area contributed by atoms with Crippen molar-refractivity contribution in [2.45, 2.75) is 324 Å². The maximum absolute atomic E-state index is 13.0. The molecule has 0 spiro atoms. The van der Waals surface area contributed by atoms with E-state index in [0.29, 0.717) is 43.4 Å². The van der Waals surface area contributed by atoms with E-state index in [1.807, 2.05) is 0 Å². The second-order valence-corrected chi connectivity index (χ2v) is 27.6. The van der Waals surface area contributed by atoms with E-state index in [-0.39, 0.29) is 25.7 Å². The molecule has 0 saturated heterocycles. The quantitative estimate of drug-likeness (QED) is 0.0169. The molecule has 0 fully saturated rings. The largest absolute Gasteiger partial charge is 0.472 e. The Morgan fingerprint density at radius 2 is 0.686 bits per heavy atom. The Morgan fingerprint density at radius 3 is 1.03 bits per heavy atom. The number of rotatable bonds is 63. The number of ether oxygens (including phenoxy) is 4. The summed E-state index contributed by atoms with van der Waals surface area (Å²) in [6, 6.07) is 0. The highest BCUT2D eigenvalue weighted by atomic mass is 31.2. The number of hydrogen-bond donors (Lipinski definition) is 3. The molecule has 19 heteroatoms. The first-order valence-electron chi connectivity index (χ1n) is 34.2. The number of aliphatic hydroxyl groups excluding tert-OH is 1. The third-order valence-electron chi connectivity index (χ3n) is 15.1. The zero-order valence-electron chi connectivity index (χ0n) is 55.3. The molecule has 0 rings (SSSR count). The minimum Gasteiger partial charge on any atom is -0.462 e. The molecule has 0 heterocycles. The van der Waals surface area contributed by atoms with Crippen LogP contribution in [0.3, 0.4) is 0 Å². The topological polar surface area (TPSA) is 237 Å². The maximum Gasteiger partial charge on any atom is 0.472 e. The van der Waals surface area contributed by atoms with Crippen LogP contribution in [0.4, 0.5) is 0 Å². The molecule has 86 heavy (non-hydrogen) atoms. The van der Waals surface area contributed by atoms with Gasteiger partial charge in [-0.1, -0.05) is 253 Å². The van der Waals surface area contributed by atoms with Gasteiger partial charge in [0.2, 0.25) is 0 Å². The lowest BCUT2D eigenvalue weighted by molar-refractivity contribution is -0.161. The molecule has 4 unspecified atom stereocenters. The van der Waals surface area contributed by atoms with Crippen molar-refractivity contribution in [1.29, 1.82) is 0 Å². The van der Waals surface area contributed by atoms with Gasteiger partial charge >= 0.3 is 39.5 Å². The van der Waals surface area contributed by atoms with E-state index >= 15 is 0 Å². The summed E-state index contributed by atoms with van der Waals surface area (Å²) in [6.07, 6.45) is 42.7. The van der Waals surface area contributed by atoms with E-state index in [9.17, 15) is 43.2 Å². The van der Waals surface area contributed by atoms with Gasteiger partial charge in [-0.05, 0) is 69.1 Å². The van der Waals surface area contributed by atoms with E-state index in [0.717, 1.165) is 116 Å². The summed E-state index contributed by atoms with van der Waals surface area (Å²) >= 11 is 0. The van der Waals surface area contributed by atoms with Crippen LogP contribution in [0.1, 0.15) is 305 Å².